The number of nitriles is 1. The van der Waals surface area contributed by atoms with Crippen molar-refractivity contribution in [3.8, 4) is 6.07 Å². The molecular formula is C17H12N2O6S. The number of Topliss-reactive ketones (excluding diaryl/α,β-unsaturated/α-hetero) is 2. The number of carbonyl (C=O) groups is 3. The Morgan fingerprint density at radius 1 is 1.08 bits per heavy atom. The SMILES string of the molecule is N#Cc1ccccc1S(=O)(=O)Nc1cccc(C(=O)CC(=O)C(=O)O)c1. The van der Waals surface area contributed by atoms with Crippen molar-refractivity contribution in [1.82, 2.24) is 0 Å². The van der Waals surface area contributed by atoms with Crippen LogP contribution < -0.4 is 4.72 Å². The zero-order valence-corrected chi connectivity index (χ0v) is 14.0. The van der Waals surface area contributed by atoms with Crippen LogP contribution >= 0.6 is 0 Å². The fourth-order valence-electron chi connectivity index (χ4n) is 2.08. The molecule has 26 heavy (non-hydrogen) atoms. The molecule has 0 spiro atoms. The van der Waals surface area contributed by atoms with Crippen LogP contribution in [0.5, 0.6) is 0 Å². The monoisotopic (exact) mass is 372 g/mol. The van der Waals surface area contributed by atoms with Gasteiger partial charge in [0.05, 0.1) is 12.0 Å². The van der Waals surface area contributed by atoms with Crippen molar-refractivity contribution >= 4 is 33.2 Å². The summed E-state index contributed by atoms with van der Waals surface area (Å²) in [6, 6.07) is 12.7. The predicted octanol–water partition coefficient (Wildman–Crippen LogP) is 1.59. The van der Waals surface area contributed by atoms with Crippen molar-refractivity contribution < 1.29 is 27.9 Å². The van der Waals surface area contributed by atoms with Gasteiger partial charge in [-0.1, -0.05) is 24.3 Å². The van der Waals surface area contributed by atoms with Crippen LogP contribution in [0.3, 0.4) is 0 Å². The first-order valence-electron chi connectivity index (χ1n) is 7.16. The molecule has 0 fully saturated rings. The summed E-state index contributed by atoms with van der Waals surface area (Å²) in [5.41, 5.74) is -0.0287. The number of rotatable bonds is 7. The minimum absolute atomic E-state index is 0.0200. The highest BCUT2D eigenvalue weighted by molar-refractivity contribution is 7.92. The quantitative estimate of drug-likeness (QED) is 0.427. The van der Waals surface area contributed by atoms with Gasteiger partial charge in [0.1, 0.15) is 11.0 Å². The third-order valence-electron chi connectivity index (χ3n) is 3.29. The Labute approximate surface area is 148 Å². The third kappa shape index (κ3) is 4.31. The molecule has 0 aliphatic heterocycles. The van der Waals surface area contributed by atoms with E-state index < -0.39 is 34.0 Å². The van der Waals surface area contributed by atoms with Gasteiger partial charge in [-0.3, -0.25) is 14.3 Å². The van der Waals surface area contributed by atoms with E-state index in [1.807, 2.05) is 0 Å². The molecular weight excluding hydrogens is 360 g/mol. The Bertz CT molecular complexity index is 1040. The van der Waals surface area contributed by atoms with E-state index in [4.69, 9.17) is 10.4 Å². The number of carboxylic acid groups (broad SMARTS) is 1. The van der Waals surface area contributed by atoms with Gasteiger partial charge in [-0.05, 0) is 24.3 Å². The minimum Gasteiger partial charge on any atom is -0.475 e. The molecule has 2 aromatic carbocycles. The molecule has 0 bridgehead atoms. The molecule has 0 unspecified atom stereocenters. The van der Waals surface area contributed by atoms with E-state index in [9.17, 15) is 22.8 Å². The summed E-state index contributed by atoms with van der Waals surface area (Å²) in [5, 5.41) is 17.6. The van der Waals surface area contributed by atoms with Gasteiger partial charge in [0.25, 0.3) is 10.0 Å². The molecule has 0 aliphatic carbocycles. The number of sulfonamides is 1. The Morgan fingerprint density at radius 3 is 2.42 bits per heavy atom. The molecule has 0 heterocycles. The summed E-state index contributed by atoms with van der Waals surface area (Å²) in [6.07, 6.45) is -0.831. The maximum Gasteiger partial charge on any atom is 0.372 e. The summed E-state index contributed by atoms with van der Waals surface area (Å²) in [4.78, 5) is 33.4. The van der Waals surface area contributed by atoms with E-state index in [0.717, 1.165) is 0 Å². The molecule has 2 rings (SSSR count). The first kappa shape index (κ1) is 18.8. The van der Waals surface area contributed by atoms with Gasteiger partial charge in [0.2, 0.25) is 5.78 Å². The van der Waals surface area contributed by atoms with Gasteiger partial charge in [-0.2, -0.15) is 5.26 Å². The summed E-state index contributed by atoms with van der Waals surface area (Å²) >= 11 is 0. The molecule has 0 amide bonds. The smallest absolute Gasteiger partial charge is 0.372 e. The lowest BCUT2D eigenvalue weighted by Crippen LogP contribution is -2.18. The van der Waals surface area contributed by atoms with Crippen molar-refractivity contribution in [3.63, 3.8) is 0 Å². The topological polar surface area (TPSA) is 141 Å². The van der Waals surface area contributed by atoms with Gasteiger partial charge in [-0.25, -0.2) is 13.2 Å². The molecule has 8 nitrogen and oxygen atoms in total. The molecule has 0 aliphatic rings. The normalized spacial score (nSPS) is 10.6. The van der Waals surface area contributed by atoms with Crippen molar-refractivity contribution in [2.24, 2.45) is 0 Å². The van der Waals surface area contributed by atoms with E-state index >= 15 is 0 Å². The molecule has 0 atom stereocenters. The molecule has 0 radical (unpaired) electrons. The number of nitrogens with one attached hydrogen (secondary N) is 1. The van der Waals surface area contributed by atoms with Crippen molar-refractivity contribution in [3.05, 3.63) is 59.7 Å². The lowest BCUT2D eigenvalue weighted by Gasteiger charge is -2.10. The van der Waals surface area contributed by atoms with Crippen molar-refractivity contribution in [1.29, 1.82) is 5.26 Å². The lowest BCUT2D eigenvalue weighted by atomic mass is 10.1. The van der Waals surface area contributed by atoms with Crippen LogP contribution in [-0.4, -0.2) is 31.1 Å². The van der Waals surface area contributed by atoms with Gasteiger partial charge in [0, 0.05) is 11.3 Å². The molecule has 0 saturated heterocycles. The Balaban J connectivity index is 2.28. The van der Waals surface area contributed by atoms with Crippen LogP contribution in [0.1, 0.15) is 22.3 Å². The highest BCUT2D eigenvalue weighted by atomic mass is 32.2. The standard InChI is InChI=1S/C17H12N2O6S/c18-10-12-4-1-2-7-16(12)26(24,25)19-13-6-3-5-11(8-13)14(20)9-15(21)17(22)23/h1-8,19H,9H2,(H,22,23). The van der Waals surface area contributed by atoms with Crippen LogP contribution in [0.25, 0.3) is 0 Å². The second kappa shape index (κ2) is 7.58. The minimum atomic E-state index is -4.08. The number of ketones is 2. The number of hydrogen-bond acceptors (Lipinski definition) is 6. The highest BCUT2D eigenvalue weighted by Crippen LogP contribution is 2.20. The summed E-state index contributed by atoms with van der Waals surface area (Å²) in [5.74, 6) is -3.73. The molecule has 0 saturated carbocycles. The second-order valence-electron chi connectivity index (χ2n) is 5.12. The van der Waals surface area contributed by atoms with E-state index in [1.165, 1.54) is 48.5 Å². The van der Waals surface area contributed by atoms with Gasteiger partial charge >= 0.3 is 5.97 Å². The molecule has 9 heteroatoms. The fraction of sp³-hybridized carbons (Fsp3) is 0.0588. The van der Waals surface area contributed by atoms with E-state index in [2.05, 4.69) is 4.72 Å². The van der Waals surface area contributed by atoms with Gasteiger partial charge < -0.3 is 5.11 Å². The van der Waals surface area contributed by atoms with Crippen LogP contribution in [0.15, 0.2) is 53.4 Å². The Morgan fingerprint density at radius 2 is 1.77 bits per heavy atom. The second-order valence-corrected chi connectivity index (χ2v) is 6.77. The average Bonchev–Trinajstić information content (AvgIpc) is 2.61. The van der Waals surface area contributed by atoms with Crippen LogP contribution in [0.2, 0.25) is 0 Å². The van der Waals surface area contributed by atoms with Crippen LogP contribution in [0.4, 0.5) is 5.69 Å². The van der Waals surface area contributed by atoms with Crippen LogP contribution in [-0.2, 0) is 19.6 Å². The van der Waals surface area contributed by atoms with Crippen molar-refractivity contribution in [2.45, 2.75) is 11.3 Å². The average molecular weight is 372 g/mol. The van der Waals surface area contributed by atoms with E-state index in [-0.39, 0.29) is 21.7 Å². The zero-order valence-electron chi connectivity index (χ0n) is 13.2. The zero-order chi connectivity index (χ0) is 19.3. The van der Waals surface area contributed by atoms with Gasteiger partial charge in [0.15, 0.2) is 5.78 Å². The summed E-state index contributed by atoms with van der Waals surface area (Å²) < 4.78 is 27.1. The number of carboxylic acids is 1. The summed E-state index contributed by atoms with van der Waals surface area (Å²) in [6.45, 7) is 0. The molecule has 2 aromatic rings. The third-order valence-corrected chi connectivity index (χ3v) is 4.73. The first-order valence-corrected chi connectivity index (χ1v) is 8.64. The molecule has 0 aromatic heterocycles. The maximum absolute atomic E-state index is 12.5. The lowest BCUT2D eigenvalue weighted by molar-refractivity contribution is -0.148. The molecule has 2 N–H and O–H groups in total. The number of anilines is 1. The molecule has 132 valence electrons. The highest BCUT2D eigenvalue weighted by Gasteiger charge is 2.20. The number of benzene rings is 2. The number of nitrogens with zero attached hydrogens (tertiary/aromatic N) is 1. The number of hydrogen-bond donors (Lipinski definition) is 2. The van der Waals surface area contributed by atoms with Crippen molar-refractivity contribution in [2.75, 3.05) is 4.72 Å². The van der Waals surface area contributed by atoms with E-state index in [0.29, 0.717) is 0 Å². The predicted molar refractivity (Wildman–Crippen MR) is 90.0 cm³/mol. The van der Waals surface area contributed by atoms with Crippen LogP contribution in [0, 0.1) is 11.3 Å². The largest absolute Gasteiger partial charge is 0.475 e. The number of carbonyl (C=O) groups excluding carboxylic acids is 2. The van der Waals surface area contributed by atoms with E-state index in [1.54, 1.807) is 6.07 Å². The first-order chi connectivity index (χ1) is 12.2. The Hall–Kier alpha value is -3.51. The fourth-order valence-corrected chi connectivity index (χ4v) is 3.29. The van der Waals surface area contributed by atoms with Gasteiger partial charge in [-0.15, -0.1) is 0 Å². The maximum atomic E-state index is 12.5. The summed E-state index contributed by atoms with van der Waals surface area (Å²) in [7, 11) is -4.08. The Kier molecular flexibility index (Phi) is 5.49. The number of aliphatic carboxylic acids is 1.